The van der Waals surface area contributed by atoms with Gasteiger partial charge in [0.15, 0.2) is 0 Å². The molecule has 2 atom stereocenters. The second kappa shape index (κ2) is 6.25. The van der Waals surface area contributed by atoms with Gasteiger partial charge >= 0.3 is 0 Å². The van der Waals surface area contributed by atoms with E-state index in [1.54, 1.807) is 7.11 Å². The summed E-state index contributed by atoms with van der Waals surface area (Å²) < 4.78 is 5.60. The summed E-state index contributed by atoms with van der Waals surface area (Å²) in [4.78, 5) is 0. The Morgan fingerprint density at radius 3 is 1.90 bits per heavy atom. The van der Waals surface area contributed by atoms with E-state index in [2.05, 4.69) is 24.3 Å². The Bertz CT molecular complexity index is 575. The highest BCUT2D eigenvalue weighted by atomic mass is 16.5. The number of ether oxygens (including phenoxy) is 1. The zero-order valence-corrected chi connectivity index (χ0v) is 12.2. The van der Waals surface area contributed by atoms with Gasteiger partial charge < -0.3 is 9.84 Å². The van der Waals surface area contributed by atoms with Crippen LogP contribution in [0.5, 0.6) is 0 Å². The van der Waals surface area contributed by atoms with Crippen molar-refractivity contribution in [2.45, 2.75) is 25.0 Å². The summed E-state index contributed by atoms with van der Waals surface area (Å²) in [5, 5.41) is 10.4. The molecule has 1 saturated carbocycles. The first-order valence-corrected chi connectivity index (χ1v) is 7.37. The predicted octanol–water partition coefficient (Wildman–Crippen LogP) is 3.66. The van der Waals surface area contributed by atoms with Gasteiger partial charge in [0.1, 0.15) is 0 Å². The Kier molecular flexibility index (Phi) is 4.18. The first-order chi connectivity index (χ1) is 10.3. The lowest BCUT2D eigenvalue weighted by atomic mass is 9.90. The van der Waals surface area contributed by atoms with Crippen LogP contribution in [-0.4, -0.2) is 24.4 Å². The Hall–Kier alpha value is -1.90. The highest BCUT2D eigenvalue weighted by Crippen LogP contribution is 2.37. The Morgan fingerprint density at radius 1 is 0.905 bits per heavy atom. The van der Waals surface area contributed by atoms with E-state index in [1.807, 2.05) is 36.4 Å². The van der Waals surface area contributed by atoms with Crippen molar-refractivity contribution in [2.75, 3.05) is 7.11 Å². The quantitative estimate of drug-likeness (QED) is 0.929. The molecule has 21 heavy (non-hydrogen) atoms. The van der Waals surface area contributed by atoms with Gasteiger partial charge in [-0.15, -0.1) is 0 Å². The minimum Gasteiger partial charge on any atom is -0.389 e. The molecule has 3 rings (SSSR count). The molecule has 0 unspecified atom stereocenters. The Morgan fingerprint density at radius 2 is 1.43 bits per heavy atom. The van der Waals surface area contributed by atoms with E-state index in [9.17, 15) is 5.11 Å². The molecule has 0 bridgehead atoms. The Labute approximate surface area is 125 Å². The lowest BCUT2D eigenvalue weighted by molar-refractivity contribution is 0.133. The van der Waals surface area contributed by atoms with Crippen LogP contribution < -0.4 is 0 Å². The van der Waals surface area contributed by atoms with E-state index >= 15 is 0 Å². The van der Waals surface area contributed by atoms with Gasteiger partial charge in [-0.25, -0.2) is 0 Å². The standard InChI is InChI=1S/C19H20O2/c1-21-17-13-12-16(20)19(17)18(14-8-4-2-5-9-14)15-10-6-3-7-11-15/h2-11,16-17,20H,12-13H2,1H3/t16-,17+/m0/s1. The van der Waals surface area contributed by atoms with E-state index in [1.165, 1.54) is 0 Å². The fraction of sp³-hybridized carbons (Fsp3) is 0.263. The normalized spacial score (nSPS) is 21.5. The van der Waals surface area contributed by atoms with Crippen molar-refractivity contribution in [2.24, 2.45) is 0 Å². The van der Waals surface area contributed by atoms with Gasteiger partial charge in [-0.2, -0.15) is 0 Å². The van der Waals surface area contributed by atoms with Crippen LogP contribution in [0.4, 0.5) is 0 Å². The minimum absolute atomic E-state index is 0.00425. The number of aliphatic hydroxyl groups is 1. The van der Waals surface area contributed by atoms with Crippen molar-refractivity contribution in [3.8, 4) is 0 Å². The maximum atomic E-state index is 10.4. The van der Waals surface area contributed by atoms with Gasteiger partial charge in [0.05, 0.1) is 12.2 Å². The van der Waals surface area contributed by atoms with Crippen LogP contribution in [0.3, 0.4) is 0 Å². The third-order valence-electron chi connectivity index (χ3n) is 4.11. The highest BCUT2D eigenvalue weighted by molar-refractivity contribution is 5.83. The number of aliphatic hydroxyl groups excluding tert-OH is 1. The van der Waals surface area contributed by atoms with Crippen molar-refractivity contribution in [1.82, 2.24) is 0 Å². The molecule has 0 saturated heterocycles. The summed E-state index contributed by atoms with van der Waals surface area (Å²) in [6, 6.07) is 20.5. The lowest BCUT2D eigenvalue weighted by Crippen LogP contribution is -2.16. The summed E-state index contributed by atoms with van der Waals surface area (Å²) in [5.74, 6) is 0. The van der Waals surface area contributed by atoms with E-state index in [0.717, 1.165) is 35.1 Å². The van der Waals surface area contributed by atoms with Crippen molar-refractivity contribution >= 4 is 5.57 Å². The number of hydrogen-bond donors (Lipinski definition) is 1. The fourth-order valence-electron chi connectivity index (χ4n) is 3.12. The van der Waals surface area contributed by atoms with Crippen molar-refractivity contribution in [1.29, 1.82) is 0 Å². The van der Waals surface area contributed by atoms with Crippen molar-refractivity contribution in [3.05, 3.63) is 77.4 Å². The minimum atomic E-state index is -0.426. The average Bonchev–Trinajstić information content (AvgIpc) is 2.91. The zero-order valence-electron chi connectivity index (χ0n) is 12.2. The molecule has 1 aliphatic rings. The first kappa shape index (κ1) is 14.1. The predicted molar refractivity (Wildman–Crippen MR) is 84.9 cm³/mol. The lowest BCUT2D eigenvalue weighted by Gasteiger charge is -2.19. The third kappa shape index (κ3) is 2.78. The van der Waals surface area contributed by atoms with Crippen LogP contribution in [0.2, 0.25) is 0 Å². The smallest absolute Gasteiger partial charge is 0.0816 e. The van der Waals surface area contributed by atoms with Crippen LogP contribution in [0.1, 0.15) is 24.0 Å². The molecule has 2 aromatic carbocycles. The monoisotopic (exact) mass is 280 g/mol. The second-order valence-electron chi connectivity index (χ2n) is 5.38. The molecule has 0 spiro atoms. The molecule has 1 aliphatic carbocycles. The molecule has 2 aromatic rings. The summed E-state index contributed by atoms with van der Waals surface area (Å²) >= 11 is 0. The van der Waals surface area contributed by atoms with Crippen LogP contribution in [0.15, 0.2) is 66.2 Å². The maximum Gasteiger partial charge on any atom is 0.0816 e. The van der Waals surface area contributed by atoms with Gasteiger partial charge in [0.2, 0.25) is 0 Å². The molecule has 0 aliphatic heterocycles. The summed E-state index contributed by atoms with van der Waals surface area (Å²) in [7, 11) is 1.72. The SMILES string of the molecule is CO[C@@H]1CC[C@H](O)C1=C(c1ccccc1)c1ccccc1. The highest BCUT2D eigenvalue weighted by Gasteiger charge is 2.32. The third-order valence-corrected chi connectivity index (χ3v) is 4.11. The van der Waals surface area contributed by atoms with E-state index < -0.39 is 6.10 Å². The molecular formula is C19H20O2. The largest absolute Gasteiger partial charge is 0.389 e. The number of rotatable bonds is 3. The molecule has 0 amide bonds. The van der Waals surface area contributed by atoms with E-state index in [0.29, 0.717) is 0 Å². The summed E-state index contributed by atoms with van der Waals surface area (Å²) in [6.45, 7) is 0. The molecule has 2 heteroatoms. The van der Waals surface area contributed by atoms with E-state index in [-0.39, 0.29) is 6.10 Å². The van der Waals surface area contributed by atoms with Crippen LogP contribution in [-0.2, 0) is 4.74 Å². The van der Waals surface area contributed by atoms with Crippen molar-refractivity contribution < 1.29 is 9.84 Å². The van der Waals surface area contributed by atoms with Crippen LogP contribution >= 0.6 is 0 Å². The Balaban J connectivity index is 2.21. The maximum absolute atomic E-state index is 10.4. The first-order valence-electron chi connectivity index (χ1n) is 7.37. The van der Waals surface area contributed by atoms with Crippen LogP contribution in [0.25, 0.3) is 5.57 Å². The van der Waals surface area contributed by atoms with Gasteiger partial charge in [-0.05, 0) is 35.1 Å². The van der Waals surface area contributed by atoms with Gasteiger partial charge in [-0.3, -0.25) is 0 Å². The molecule has 2 nitrogen and oxygen atoms in total. The van der Waals surface area contributed by atoms with Crippen molar-refractivity contribution in [3.63, 3.8) is 0 Å². The van der Waals surface area contributed by atoms with Gasteiger partial charge in [0, 0.05) is 7.11 Å². The van der Waals surface area contributed by atoms with Crippen LogP contribution in [0, 0.1) is 0 Å². The van der Waals surface area contributed by atoms with Gasteiger partial charge in [-0.1, -0.05) is 60.7 Å². The molecule has 108 valence electrons. The van der Waals surface area contributed by atoms with Gasteiger partial charge in [0.25, 0.3) is 0 Å². The number of hydrogen-bond acceptors (Lipinski definition) is 2. The topological polar surface area (TPSA) is 29.5 Å². The molecule has 1 fully saturated rings. The number of methoxy groups -OCH3 is 1. The summed E-state index contributed by atoms with van der Waals surface area (Å²) in [5.41, 5.74) is 4.37. The molecular weight excluding hydrogens is 260 g/mol. The molecule has 1 N–H and O–H groups in total. The summed E-state index contributed by atoms with van der Waals surface area (Å²) in [6.07, 6.45) is 1.20. The molecule has 0 radical (unpaired) electrons. The molecule has 0 aromatic heterocycles. The number of benzene rings is 2. The van der Waals surface area contributed by atoms with E-state index in [4.69, 9.17) is 4.74 Å². The second-order valence-corrected chi connectivity index (χ2v) is 5.38. The average molecular weight is 280 g/mol. The zero-order chi connectivity index (χ0) is 14.7. The molecule has 0 heterocycles. The fourth-order valence-corrected chi connectivity index (χ4v) is 3.12.